The molecule has 8 bridgehead atoms. The van der Waals surface area contributed by atoms with Gasteiger partial charge < -0.3 is 20.6 Å². The van der Waals surface area contributed by atoms with E-state index in [1.54, 1.807) is 0 Å². The number of rotatable bonds is 2. The van der Waals surface area contributed by atoms with Gasteiger partial charge in [-0.3, -0.25) is 10.2 Å². The lowest BCUT2D eigenvalue weighted by Gasteiger charge is -2.34. The Morgan fingerprint density at radius 2 is 1.78 bits per heavy atom. The number of piperidine rings is 1. The van der Waals surface area contributed by atoms with Crippen molar-refractivity contribution >= 4 is 17.3 Å². The fourth-order valence-electron chi connectivity index (χ4n) is 5.61. The average molecular weight is 560 g/mol. The molecule has 1 saturated heterocycles. The Balaban J connectivity index is 0.00000189. The molecule has 0 amide bonds. The van der Waals surface area contributed by atoms with E-state index in [2.05, 4.69) is 95.0 Å². The smallest absolute Gasteiger partial charge is 0.227 e. The van der Waals surface area contributed by atoms with E-state index < -0.39 is 6.23 Å². The number of nitrogens with zero attached hydrogens (tertiary/aromatic N) is 4. The number of hydrogen-bond donors (Lipinski definition) is 4. The summed E-state index contributed by atoms with van der Waals surface area (Å²) in [5, 5.41) is 21.3. The van der Waals surface area contributed by atoms with E-state index in [0.29, 0.717) is 12.0 Å². The molecule has 1 aromatic heterocycles. The third-order valence-electron chi connectivity index (χ3n) is 7.78. The predicted molar refractivity (Wildman–Crippen MR) is 170 cm³/mol. The van der Waals surface area contributed by atoms with Gasteiger partial charge in [-0.05, 0) is 101 Å². The van der Waals surface area contributed by atoms with Gasteiger partial charge in [0, 0.05) is 61.3 Å². The highest BCUT2D eigenvalue weighted by Gasteiger charge is 2.25. The summed E-state index contributed by atoms with van der Waals surface area (Å²) in [4.78, 5) is 14.2. The molecule has 3 aliphatic heterocycles. The van der Waals surface area contributed by atoms with Crippen LogP contribution in [0.4, 0.5) is 17.3 Å². The van der Waals surface area contributed by atoms with Crippen LogP contribution >= 0.6 is 0 Å². The summed E-state index contributed by atoms with van der Waals surface area (Å²) in [5.74, 6) is 0.875. The topological polar surface area (TPSA) is 88.6 Å². The zero-order valence-corrected chi connectivity index (χ0v) is 25.7. The Labute approximate surface area is 246 Å². The van der Waals surface area contributed by atoms with Gasteiger partial charge in [0.05, 0.1) is 5.69 Å². The number of benzene rings is 2. The zero-order chi connectivity index (χ0) is 29.4. The molecule has 8 nitrogen and oxygen atoms in total. The Kier molecular flexibility index (Phi) is 11.1. The van der Waals surface area contributed by atoms with Gasteiger partial charge in [0.15, 0.2) is 0 Å². The number of aryl methyl sites for hydroxylation is 1. The zero-order valence-electron chi connectivity index (χ0n) is 25.7. The van der Waals surface area contributed by atoms with Gasteiger partial charge in [0.2, 0.25) is 5.95 Å². The first-order valence-electron chi connectivity index (χ1n) is 15.3. The average Bonchev–Trinajstić information content (AvgIpc) is 2.95. The summed E-state index contributed by atoms with van der Waals surface area (Å²) in [7, 11) is 2.14. The van der Waals surface area contributed by atoms with Crippen LogP contribution in [-0.2, 0) is 13.1 Å². The molecule has 222 valence electrons. The minimum atomic E-state index is -0.459. The van der Waals surface area contributed by atoms with E-state index in [9.17, 15) is 5.11 Å². The molecule has 4 heterocycles. The van der Waals surface area contributed by atoms with Crippen LogP contribution in [0.1, 0.15) is 57.2 Å². The van der Waals surface area contributed by atoms with E-state index in [1.165, 1.54) is 16.7 Å². The Hall–Kier alpha value is -3.04. The van der Waals surface area contributed by atoms with E-state index in [1.807, 2.05) is 26.1 Å². The molecule has 3 aliphatic rings. The first kappa shape index (κ1) is 30.9. The predicted octanol–water partition coefficient (Wildman–Crippen LogP) is 5.61. The summed E-state index contributed by atoms with van der Waals surface area (Å²) in [6.45, 7) is 15.8. The molecule has 0 radical (unpaired) electrons. The van der Waals surface area contributed by atoms with Crippen LogP contribution < -0.4 is 16.0 Å². The number of hydrogen-bond acceptors (Lipinski definition) is 8. The second-order valence-electron chi connectivity index (χ2n) is 11.5. The maximum absolute atomic E-state index is 10.9. The first-order valence-corrected chi connectivity index (χ1v) is 15.3. The fraction of sp³-hybridized carbons (Fsp3) is 0.515. The Morgan fingerprint density at radius 1 is 1.00 bits per heavy atom. The summed E-state index contributed by atoms with van der Waals surface area (Å²) >= 11 is 0. The minimum Gasteiger partial charge on any atom is -0.383 e. The van der Waals surface area contributed by atoms with Crippen molar-refractivity contribution in [2.24, 2.45) is 5.92 Å². The maximum atomic E-state index is 10.9. The number of anilines is 3. The highest BCUT2D eigenvalue weighted by Crippen LogP contribution is 2.27. The monoisotopic (exact) mass is 559 g/mol. The van der Waals surface area contributed by atoms with Crippen LogP contribution in [0.5, 0.6) is 0 Å². The Bertz CT molecular complexity index is 1260. The normalized spacial score (nSPS) is 21.7. The van der Waals surface area contributed by atoms with E-state index >= 15 is 0 Å². The number of aliphatic hydroxyl groups excluding tert-OH is 1. The largest absolute Gasteiger partial charge is 0.383 e. The van der Waals surface area contributed by atoms with Gasteiger partial charge in [-0.25, -0.2) is 9.97 Å². The van der Waals surface area contributed by atoms with Crippen LogP contribution in [0.25, 0.3) is 11.3 Å². The van der Waals surface area contributed by atoms with Crippen molar-refractivity contribution in [3.63, 3.8) is 0 Å². The lowest BCUT2D eigenvalue weighted by atomic mass is 9.94. The highest BCUT2D eigenvalue weighted by molar-refractivity contribution is 5.66. The minimum absolute atomic E-state index is 0.286. The number of nitrogens with one attached hydrogen (secondary N) is 3. The molecular formula is C33H49N7O. The summed E-state index contributed by atoms with van der Waals surface area (Å²) in [6, 6.07) is 15.4. The second kappa shape index (κ2) is 14.7. The van der Waals surface area contributed by atoms with Gasteiger partial charge in [-0.15, -0.1) is 0 Å². The number of likely N-dealkylation sites (N-methyl/N-ethyl adjacent to an activating group) is 1. The molecule has 1 unspecified atom stereocenters. The second-order valence-corrected chi connectivity index (χ2v) is 11.5. The molecule has 41 heavy (non-hydrogen) atoms. The third-order valence-corrected chi connectivity index (χ3v) is 7.78. The number of aliphatic hydroxyl groups is 1. The van der Waals surface area contributed by atoms with E-state index in [4.69, 9.17) is 4.98 Å². The van der Waals surface area contributed by atoms with Crippen molar-refractivity contribution in [3.8, 4) is 11.3 Å². The van der Waals surface area contributed by atoms with Crippen LogP contribution in [0.15, 0.2) is 48.7 Å². The van der Waals surface area contributed by atoms with Crippen LogP contribution in [0.2, 0.25) is 0 Å². The summed E-state index contributed by atoms with van der Waals surface area (Å²) in [6.07, 6.45) is 3.35. The molecule has 0 spiro atoms. The lowest BCUT2D eigenvalue weighted by molar-refractivity contribution is 0.0329. The summed E-state index contributed by atoms with van der Waals surface area (Å²) < 4.78 is 0. The third kappa shape index (κ3) is 8.72. The van der Waals surface area contributed by atoms with E-state index in [0.717, 1.165) is 74.7 Å². The molecule has 1 atom stereocenters. The van der Waals surface area contributed by atoms with Gasteiger partial charge in [0.25, 0.3) is 0 Å². The van der Waals surface area contributed by atoms with Gasteiger partial charge in [-0.2, -0.15) is 0 Å². The van der Waals surface area contributed by atoms with E-state index in [-0.39, 0.29) is 5.92 Å². The molecule has 0 aliphatic carbocycles. The highest BCUT2D eigenvalue weighted by atomic mass is 16.3. The first-order chi connectivity index (χ1) is 19.8. The SMILES string of the molecule is CC.Cc1ccc2cc1CN(C)CCNC(O)C1CCN(CC1)Cc1cc(cc(NC(C)C)c1)Nc1nccc-2n1. The molecule has 6 rings (SSSR count). The van der Waals surface area contributed by atoms with Gasteiger partial charge in [0.1, 0.15) is 6.23 Å². The van der Waals surface area contributed by atoms with Crippen LogP contribution in [0, 0.1) is 12.8 Å². The van der Waals surface area contributed by atoms with Crippen LogP contribution in [0.3, 0.4) is 0 Å². The molecule has 0 saturated carbocycles. The molecule has 1 fully saturated rings. The molecule has 4 N–H and O–H groups in total. The van der Waals surface area contributed by atoms with Gasteiger partial charge >= 0.3 is 0 Å². The fourth-order valence-corrected chi connectivity index (χ4v) is 5.61. The van der Waals surface area contributed by atoms with Crippen molar-refractivity contribution in [3.05, 3.63) is 65.4 Å². The molecule has 2 aromatic carbocycles. The molecule has 3 aromatic rings. The van der Waals surface area contributed by atoms with Gasteiger partial charge in [-0.1, -0.05) is 26.0 Å². The molecule has 8 heteroatoms. The Morgan fingerprint density at radius 3 is 2.54 bits per heavy atom. The quantitative estimate of drug-likeness (QED) is 0.322. The van der Waals surface area contributed by atoms with Crippen molar-refractivity contribution < 1.29 is 5.11 Å². The standard InChI is InChI=1S/C31H43N7O.C2H6/c1-21(2)34-27-15-23-16-28(18-27)35-31-33-10-7-29(36-31)25-6-5-22(3)26(17-25)20-37(4)14-11-32-30(39)24-8-12-38(19-23)13-9-24;1-2/h5-7,10,15-18,21,24,30,32,34,39H,8-9,11-14,19-20H2,1-4H3,(H,33,35,36);1-2H3. The van der Waals surface area contributed by atoms with Crippen molar-refractivity contribution in [2.45, 2.75) is 72.8 Å². The maximum Gasteiger partial charge on any atom is 0.227 e. The lowest BCUT2D eigenvalue weighted by Crippen LogP contribution is -2.44. The molecular weight excluding hydrogens is 510 g/mol. The van der Waals surface area contributed by atoms with Crippen molar-refractivity contribution in [1.29, 1.82) is 0 Å². The van der Waals surface area contributed by atoms with Crippen molar-refractivity contribution in [2.75, 3.05) is 43.9 Å². The summed E-state index contributed by atoms with van der Waals surface area (Å²) in [5.41, 5.74) is 7.81. The van der Waals surface area contributed by atoms with Crippen molar-refractivity contribution in [1.82, 2.24) is 25.1 Å². The number of aromatic nitrogens is 2. The number of fused-ring (bicyclic) bond motifs is 7. The van der Waals surface area contributed by atoms with Crippen LogP contribution in [-0.4, -0.2) is 70.4 Å².